The summed E-state index contributed by atoms with van der Waals surface area (Å²) in [6.07, 6.45) is -3.13. The minimum atomic E-state index is -4.57. The van der Waals surface area contributed by atoms with Crippen LogP contribution in [0.2, 0.25) is 5.02 Å². The number of thioether (sulfide) groups is 1. The number of benzene rings is 3. The summed E-state index contributed by atoms with van der Waals surface area (Å²) in [5.74, 6) is -0.525. The highest BCUT2D eigenvalue weighted by Crippen LogP contribution is 2.42. The van der Waals surface area contributed by atoms with E-state index in [1.165, 1.54) is 29.4 Å². The van der Waals surface area contributed by atoms with Crippen molar-refractivity contribution < 1.29 is 18.0 Å². The summed E-state index contributed by atoms with van der Waals surface area (Å²) < 4.78 is 39.7. The van der Waals surface area contributed by atoms with Crippen LogP contribution in [0.5, 0.6) is 0 Å². The average molecular weight is 556 g/mol. The zero-order chi connectivity index (χ0) is 26.0. The fourth-order valence-corrected chi connectivity index (χ4v) is 5.99. The molecule has 0 radical (unpaired) electrons. The molecule has 0 saturated carbocycles. The molecule has 0 aliphatic heterocycles. The third-order valence-corrected chi connectivity index (χ3v) is 8.16. The molecule has 0 aliphatic rings. The van der Waals surface area contributed by atoms with E-state index in [0.29, 0.717) is 10.6 Å². The molecule has 0 bridgehead atoms. The van der Waals surface area contributed by atoms with Crippen LogP contribution in [-0.4, -0.2) is 15.9 Å². The lowest BCUT2D eigenvalue weighted by molar-refractivity contribution is -0.137. The minimum absolute atomic E-state index is 0.00734. The Labute approximate surface area is 223 Å². The molecule has 1 atom stereocenters. The number of thiophene rings is 1. The van der Waals surface area contributed by atoms with E-state index < -0.39 is 22.9 Å². The van der Waals surface area contributed by atoms with Crippen LogP contribution in [0.1, 0.15) is 16.4 Å². The van der Waals surface area contributed by atoms with Crippen LogP contribution in [0.4, 0.5) is 18.9 Å². The number of anilines is 1. The summed E-state index contributed by atoms with van der Waals surface area (Å²) in [5, 5.41) is 3.16. The van der Waals surface area contributed by atoms with Gasteiger partial charge in [-0.25, -0.2) is 9.97 Å². The van der Waals surface area contributed by atoms with Crippen molar-refractivity contribution in [3.63, 3.8) is 0 Å². The molecule has 3 aromatic carbocycles. The first-order valence-corrected chi connectivity index (χ1v) is 13.1. The first kappa shape index (κ1) is 25.3. The first-order chi connectivity index (χ1) is 17.8. The maximum absolute atomic E-state index is 13.5. The maximum atomic E-state index is 13.5. The van der Waals surface area contributed by atoms with Gasteiger partial charge < -0.3 is 5.32 Å². The van der Waals surface area contributed by atoms with E-state index in [2.05, 4.69) is 15.3 Å². The number of amides is 1. The van der Waals surface area contributed by atoms with Gasteiger partial charge in [-0.1, -0.05) is 84.0 Å². The van der Waals surface area contributed by atoms with Crippen LogP contribution in [0, 0.1) is 0 Å². The van der Waals surface area contributed by atoms with Gasteiger partial charge in [0.2, 0.25) is 5.91 Å². The molecule has 0 saturated heterocycles. The number of alkyl halides is 3. The third-order valence-electron chi connectivity index (χ3n) is 5.47. The lowest BCUT2D eigenvalue weighted by atomic mass is 10.1. The second-order valence-electron chi connectivity index (χ2n) is 7.96. The summed E-state index contributed by atoms with van der Waals surface area (Å²) >= 11 is 8.85. The van der Waals surface area contributed by atoms with E-state index >= 15 is 0 Å². The highest BCUT2D eigenvalue weighted by molar-refractivity contribution is 8.00. The van der Waals surface area contributed by atoms with Gasteiger partial charge in [-0.2, -0.15) is 13.2 Å². The quantitative estimate of drug-likeness (QED) is 0.168. The van der Waals surface area contributed by atoms with Gasteiger partial charge in [0.25, 0.3) is 0 Å². The summed E-state index contributed by atoms with van der Waals surface area (Å²) in [6, 6.07) is 23.6. The Morgan fingerprint density at radius 1 is 0.946 bits per heavy atom. The molecule has 1 amide bonds. The summed E-state index contributed by atoms with van der Waals surface area (Å²) in [7, 11) is 0. The largest absolute Gasteiger partial charge is 0.416 e. The normalized spacial score (nSPS) is 12.4. The molecule has 1 N–H and O–H groups in total. The number of fused-ring (bicyclic) bond motifs is 1. The molecule has 37 heavy (non-hydrogen) atoms. The van der Waals surface area contributed by atoms with E-state index in [1.807, 2.05) is 42.5 Å². The molecule has 10 heteroatoms. The predicted molar refractivity (Wildman–Crippen MR) is 143 cm³/mol. The van der Waals surface area contributed by atoms with Crippen LogP contribution in [-0.2, 0) is 11.0 Å². The summed E-state index contributed by atoms with van der Waals surface area (Å²) in [4.78, 5) is 24.1. The summed E-state index contributed by atoms with van der Waals surface area (Å²) in [6.45, 7) is 0. The van der Waals surface area contributed by atoms with Gasteiger partial charge in [-0.3, -0.25) is 4.79 Å². The number of nitrogens with zero attached hydrogens (tertiary/aromatic N) is 2. The van der Waals surface area contributed by atoms with Crippen molar-refractivity contribution in [1.82, 2.24) is 9.97 Å². The van der Waals surface area contributed by atoms with Crippen LogP contribution < -0.4 is 5.32 Å². The number of carbonyl (C=O) groups is 1. The Morgan fingerprint density at radius 3 is 2.35 bits per heavy atom. The van der Waals surface area contributed by atoms with Crippen molar-refractivity contribution in [2.24, 2.45) is 0 Å². The number of nitrogens with one attached hydrogen (secondary N) is 1. The zero-order valence-electron chi connectivity index (χ0n) is 18.9. The molecule has 2 heterocycles. The lowest BCUT2D eigenvalue weighted by Crippen LogP contribution is -2.20. The molecule has 4 nitrogen and oxygen atoms in total. The maximum Gasteiger partial charge on any atom is 0.416 e. The molecule has 2 aromatic heterocycles. The SMILES string of the molecule is O=C(Nc1cc(C(F)(F)F)ccc1Cl)[C@H](Sc1ncnc2sc(-c3ccccc3)cc12)c1ccccc1. The van der Waals surface area contributed by atoms with E-state index in [1.54, 1.807) is 24.3 Å². The first-order valence-electron chi connectivity index (χ1n) is 11.0. The molecular formula is C27H17ClF3N3OS2. The van der Waals surface area contributed by atoms with Crippen LogP contribution >= 0.6 is 34.7 Å². The van der Waals surface area contributed by atoms with Crippen LogP contribution in [0.3, 0.4) is 0 Å². The Morgan fingerprint density at radius 2 is 1.65 bits per heavy atom. The van der Waals surface area contributed by atoms with Crippen LogP contribution in [0.25, 0.3) is 20.7 Å². The molecule has 0 aliphatic carbocycles. The lowest BCUT2D eigenvalue weighted by Gasteiger charge is -2.18. The molecule has 0 spiro atoms. The second kappa shape index (κ2) is 10.5. The average Bonchev–Trinajstić information content (AvgIpc) is 3.34. The number of hydrogen-bond donors (Lipinski definition) is 1. The van der Waals surface area contributed by atoms with Gasteiger partial charge in [0, 0.05) is 10.3 Å². The number of carbonyl (C=O) groups excluding carboxylic acids is 1. The van der Waals surface area contributed by atoms with Gasteiger partial charge in [0.05, 0.1) is 16.3 Å². The van der Waals surface area contributed by atoms with Crippen LogP contribution in [0.15, 0.2) is 96.3 Å². The number of hydrogen-bond acceptors (Lipinski definition) is 5. The molecule has 5 rings (SSSR count). The van der Waals surface area contributed by atoms with Gasteiger partial charge in [0.15, 0.2) is 0 Å². The third kappa shape index (κ3) is 5.64. The minimum Gasteiger partial charge on any atom is -0.323 e. The van der Waals surface area contributed by atoms with Gasteiger partial charge in [-0.15, -0.1) is 11.3 Å². The van der Waals surface area contributed by atoms with Crippen molar-refractivity contribution in [3.8, 4) is 10.4 Å². The van der Waals surface area contributed by atoms with Gasteiger partial charge in [0.1, 0.15) is 21.4 Å². The number of aromatic nitrogens is 2. The zero-order valence-corrected chi connectivity index (χ0v) is 21.3. The Hall–Kier alpha value is -3.40. The molecule has 186 valence electrons. The Balaban J connectivity index is 1.50. The Kier molecular flexibility index (Phi) is 7.19. The van der Waals surface area contributed by atoms with Gasteiger partial charge in [-0.05, 0) is 35.4 Å². The van der Waals surface area contributed by atoms with E-state index in [4.69, 9.17) is 11.6 Å². The predicted octanol–water partition coefficient (Wildman–Crippen LogP) is 8.50. The highest BCUT2D eigenvalue weighted by Gasteiger charge is 2.32. The van der Waals surface area contributed by atoms with E-state index in [9.17, 15) is 18.0 Å². The fourth-order valence-electron chi connectivity index (χ4n) is 3.68. The fraction of sp³-hybridized carbons (Fsp3) is 0.0741. The van der Waals surface area contributed by atoms with E-state index in [-0.39, 0.29) is 10.7 Å². The smallest absolute Gasteiger partial charge is 0.323 e. The topological polar surface area (TPSA) is 54.9 Å². The van der Waals surface area contributed by atoms with Crippen molar-refractivity contribution in [2.45, 2.75) is 16.5 Å². The molecular weight excluding hydrogens is 539 g/mol. The van der Waals surface area contributed by atoms with E-state index in [0.717, 1.165) is 38.9 Å². The van der Waals surface area contributed by atoms with Crippen molar-refractivity contribution in [1.29, 1.82) is 0 Å². The van der Waals surface area contributed by atoms with Crippen molar-refractivity contribution >= 4 is 56.5 Å². The number of rotatable bonds is 6. The monoisotopic (exact) mass is 555 g/mol. The summed E-state index contributed by atoms with van der Waals surface area (Å²) in [5.41, 5.74) is 0.689. The van der Waals surface area contributed by atoms with Crippen molar-refractivity contribution in [2.75, 3.05) is 5.32 Å². The van der Waals surface area contributed by atoms with Gasteiger partial charge >= 0.3 is 6.18 Å². The standard InChI is InChI=1S/C27H17ClF3N3OS2/c28-20-12-11-18(27(29,30)31)13-21(20)34-24(35)23(17-9-5-2-6-10-17)37-26-19-14-22(16-7-3-1-4-8-16)36-25(19)32-15-33-26/h1-15,23H,(H,34,35)/t23-/m1/s1. The highest BCUT2D eigenvalue weighted by atomic mass is 35.5. The molecule has 0 unspecified atom stereocenters. The Bertz CT molecular complexity index is 1560. The molecule has 0 fully saturated rings. The van der Waals surface area contributed by atoms with Crippen molar-refractivity contribution in [3.05, 3.63) is 107 Å². The molecule has 5 aromatic rings. The second-order valence-corrected chi connectivity index (χ2v) is 10.5. The number of halogens is 4.